The second-order valence-corrected chi connectivity index (χ2v) is 4.17. The van der Waals surface area contributed by atoms with Crippen LogP contribution in [-0.4, -0.2) is 16.7 Å². The first kappa shape index (κ1) is 12.3. The summed E-state index contributed by atoms with van der Waals surface area (Å²) in [7, 11) is 0. The second-order valence-electron chi connectivity index (χ2n) is 4.17. The van der Waals surface area contributed by atoms with Crippen LogP contribution < -0.4 is 5.32 Å². The third-order valence-electron chi connectivity index (χ3n) is 2.48. The van der Waals surface area contributed by atoms with Gasteiger partial charge < -0.3 is 14.5 Å². The van der Waals surface area contributed by atoms with Gasteiger partial charge in [0.2, 0.25) is 5.91 Å². The minimum absolute atomic E-state index is 0.00716. The van der Waals surface area contributed by atoms with Crippen molar-refractivity contribution in [2.24, 2.45) is 0 Å². The van der Waals surface area contributed by atoms with Crippen LogP contribution in [0.15, 0.2) is 22.6 Å². The van der Waals surface area contributed by atoms with Gasteiger partial charge >= 0.3 is 0 Å². The summed E-state index contributed by atoms with van der Waals surface area (Å²) in [6, 6.07) is 5.26. The number of nitrogens with zero attached hydrogens (tertiary/aromatic N) is 1. The number of aromatic nitrogens is 1. The highest BCUT2D eigenvalue weighted by molar-refractivity contribution is 5.94. The van der Waals surface area contributed by atoms with Crippen LogP contribution in [0.1, 0.15) is 25.7 Å². The monoisotopic (exact) mass is 246 g/mol. The van der Waals surface area contributed by atoms with Crippen LogP contribution in [-0.2, 0) is 9.59 Å². The summed E-state index contributed by atoms with van der Waals surface area (Å²) in [5.74, 6) is 0.419. The summed E-state index contributed by atoms with van der Waals surface area (Å²) in [5, 5.41) is 2.73. The number of nitrogens with one attached hydrogen (secondary N) is 1. The van der Waals surface area contributed by atoms with E-state index >= 15 is 0 Å². The van der Waals surface area contributed by atoms with Crippen molar-refractivity contribution in [3.8, 4) is 0 Å². The molecule has 0 aliphatic heterocycles. The van der Waals surface area contributed by atoms with Gasteiger partial charge in [-0.3, -0.25) is 4.79 Å². The standard InChI is InChI=1S/C13H14N2O3/c1-8(16)3-6-13(17)15-10-4-5-12-11(7-10)14-9(2)18-12/h4-5,7H,3,6H2,1-2H3,(H,15,17). The zero-order valence-electron chi connectivity index (χ0n) is 10.3. The Morgan fingerprint density at radius 3 is 2.83 bits per heavy atom. The highest BCUT2D eigenvalue weighted by Crippen LogP contribution is 2.19. The molecule has 1 aromatic heterocycles. The number of ketones is 1. The molecule has 1 heterocycles. The van der Waals surface area contributed by atoms with Crippen molar-refractivity contribution in [3.05, 3.63) is 24.1 Å². The number of hydrogen-bond acceptors (Lipinski definition) is 4. The lowest BCUT2D eigenvalue weighted by Gasteiger charge is -2.03. The van der Waals surface area contributed by atoms with Crippen molar-refractivity contribution in [1.82, 2.24) is 4.98 Å². The van der Waals surface area contributed by atoms with Crippen LogP contribution >= 0.6 is 0 Å². The average Bonchev–Trinajstić information content (AvgIpc) is 2.66. The Hall–Kier alpha value is -2.17. The number of aryl methyl sites for hydroxylation is 1. The summed E-state index contributed by atoms with van der Waals surface area (Å²) < 4.78 is 5.34. The van der Waals surface area contributed by atoms with Gasteiger partial charge in [0.05, 0.1) is 0 Å². The normalized spacial score (nSPS) is 10.6. The molecule has 2 aromatic rings. The fraction of sp³-hybridized carbons (Fsp3) is 0.308. The summed E-state index contributed by atoms with van der Waals surface area (Å²) >= 11 is 0. The van der Waals surface area contributed by atoms with Crippen molar-refractivity contribution in [1.29, 1.82) is 0 Å². The van der Waals surface area contributed by atoms with E-state index in [4.69, 9.17) is 4.42 Å². The van der Waals surface area contributed by atoms with Gasteiger partial charge in [-0.25, -0.2) is 4.98 Å². The SMILES string of the molecule is CC(=O)CCC(=O)Nc1ccc2oc(C)nc2c1. The fourth-order valence-corrected chi connectivity index (χ4v) is 1.63. The average molecular weight is 246 g/mol. The second kappa shape index (κ2) is 5.00. The predicted molar refractivity (Wildman–Crippen MR) is 67.3 cm³/mol. The van der Waals surface area contributed by atoms with Crippen LogP contribution in [0.2, 0.25) is 0 Å². The maximum Gasteiger partial charge on any atom is 0.224 e. The van der Waals surface area contributed by atoms with E-state index in [0.29, 0.717) is 22.7 Å². The number of anilines is 1. The molecule has 0 radical (unpaired) electrons. The Bertz CT molecular complexity index is 601. The molecule has 0 atom stereocenters. The van der Waals surface area contributed by atoms with Crippen molar-refractivity contribution in [2.45, 2.75) is 26.7 Å². The quantitative estimate of drug-likeness (QED) is 0.899. The maximum absolute atomic E-state index is 11.6. The topological polar surface area (TPSA) is 72.2 Å². The maximum atomic E-state index is 11.6. The number of Topliss-reactive ketones (excluding diaryl/α,β-unsaturated/α-hetero) is 1. The Kier molecular flexibility index (Phi) is 3.41. The Labute approximate surface area is 104 Å². The smallest absolute Gasteiger partial charge is 0.224 e. The third-order valence-corrected chi connectivity index (χ3v) is 2.48. The van der Waals surface area contributed by atoms with Crippen molar-refractivity contribution < 1.29 is 14.0 Å². The molecule has 0 spiro atoms. The number of hydrogen-bond donors (Lipinski definition) is 1. The van der Waals surface area contributed by atoms with Gasteiger partial charge in [0, 0.05) is 25.5 Å². The first-order chi connectivity index (χ1) is 8.54. The molecular formula is C13H14N2O3. The molecule has 1 N–H and O–H groups in total. The zero-order chi connectivity index (χ0) is 13.1. The van der Waals surface area contributed by atoms with E-state index in [9.17, 15) is 9.59 Å². The van der Waals surface area contributed by atoms with Crippen molar-refractivity contribution in [2.75, 3.05) is 5.32 Å². The van der Waals surface area contributed by atoms with Crippen molar-refractivity contribution in [3.63, 3.8) is 0 Å². The molecule has 1 amide bonds. The molecule has 18 heavy (non-hydrogen) atoms. The molecule has 0 saturated carbocycles. The lowest BCUT2D eigenvalue weighted by Crippen LogP contribution is -2.12. The van der Waals surface area contributed by atoms with Crippen LogP contribution in [0.25, 0.3) is 11.1 Å². The summed E-state index contributed by atoms with van der Waals surface area (Å²) in [6.07, 6.45) is 0.461. The largest absolute Gasteiger partial charge is 0.441 e. The highest BCUT2D eigenvalue weighted by atomic mass is 16.3. The minimum atomic E-state index is -0.176. The highest BCUT2D eigenvalue weighted by Gasteiger charge is 2.07. The molecule has 0 saturated heterocycles. The van der Waals surface area contributed by atoms with E-state index in [2.05, 4.69) is 10.3 Å². The molecule has 0 aliphatic rings. The molecule has 2 rings (SSSR count). The number of oxazole rings is 1. The molecular weight excluding hydrogens is 232 g/mol. The first-order valence-corrected chi connectivity index (χ1v) is 5.71. The molecule has 1 aromatic carbocycles. The van der Waals surface area contributed by atoms with Crippen LogP contribution in [0, 0.1) is 6.92 Å². The van der Waals surface area contributed by atoms with Gasteiger partial charge in [0.1, 0.15) is 11.3 Å². The Morgan fingerprint density at radius 2 is 2.11 bits per heavy atom. The van der Waals surface area contributed by atoms with Gasteiger partial charge in [-0.05, 0) is 25.1 Å². The van der Waals surface area contributed by atoms with E-state index in [1.54, 1.807) is 25.1 Å². The number of carbonyl (C=O) groups excluding carboxylic acids is 2. The van der Waals surface area contributed by atoms with Gasteiger partial charge in [-0.15, -0.1) is 0 Å². The van der Waals surface area contributed by atoms with E-state index in [0.717, 1.165) is 0 Å². The van der Waals surface area contributed by atoms with Crippen molar-refractivity contribution >= 4 is 28.5 Å². The lowest BCUT2D eigenvalue weighted by atomic mass is 10.2. The van der Waals surface area contributed by atoms with Gasteiger partial charge in [0.25, 0.3) is 0 Å². The van der Waals surface area contributed by atoms with E-state index in [1.165, 1.54) is 6.92 Å². The summed E-state index contributed by atoms with van der Waals surface area (Å²) in [6.45, 7) is 3.24. The number of rotatable bonds is 4. The zero-order valence-corrected chi connectivity index (χ0v) is 10.3. The van der Waals surface area contributed by atoms with E-state index in [1.807, 2.05) is 0 Å². The Balaban J connectivity index is 2.07. The minimum Gasteiger partial charge on any atom is -0.441 e. The lowest BCUT2D eigenvalue weighted by molar-refractivity contribution is -0.121. The number of fused-ring (bicyclic) bond motifs is 1. The molecule has 5 heteroatoms. The molecule has 0 unspecified atom stereocenters. The van der Waals surface area contributed by atoms with Crippen LogP contribution in [0.5, 0.6) is 0 Å². The third kappa shape index (κ3) is 2.94. The van der Waals surface area contributed by atoms with Crippen LogP contribution in [0.3, 0.4) is 0 Å². The molecule has 0 bridgehead atoms. The van der Waals surface area contributed by atoms with Gasteiger partial charge in [-0.1, -0.05) is 0 Å². The number of carbonyl (C=O) groups is 2. The van der Waals surface area contributed by atoms with E-state index in [-0.39, 0.29) is 24.5 Å². The number of amides is 1. The predicted octanol–water partition coefficient (Wildman–Crippen LogP) is 2.44. The van der Waals surface area contributed by atoms with Crippen LogP contribution in [0.4, 0.5) is 5.69 Å². The number of benzene rings is 1. The van der Waals surface area contributed by atoms with Gasteiger partial charge in [-0.2, -0.15) is 0 Å². The summed E-state index contributed by atoms with van der Waals surface area (Å²) in [5.41, 5.74) is 2.05. The first-order valence-electron chi connectivity index (χ1n) is 5.71. The molecule has 0 fully saturated rings. The molecule has 0 aliphatic carbocycles. The van der Waals surface area contributed by atoms with Gasteiger partial charge in [0.15, 0.2) is 11.5 Å². The summed E-state index contributed by atoms with van der Waals surface area (Å²) in [4.78, 5) is 26.5. The van der Waals surface area contributed by atoms with E-state index < -0.39 is 0 Å². The fourth-order valence-electron chi connectivity index (χ4n) is 1.63. The molecule has 94 valence electrons. The Morgan fingerprint density at radius 1 is 1.33 bits per heavy atom. The molecule has 5 nitrogen and oxygen atoms in total.